The fourth-order valence-corrected chi connectivity index (χ4v) is 1.30. The molecular formula is C7H9BrClFN2. The highest BCUT2D eigenvalue weighted by Crippen LogP contribution is 2.18. The van der Waals surface area contributed by atoms with Gasteiger partial charge in [0.25, 0.3) is 0 Å². The van der Waals surface area contributed by atoms with Crippen LogP contribution in [0.1, 0.15) is 11.6 Å². The smallest absolute Gasteiger partial charge is 0.110 e. The molecule has 2 N–H and O–H groups in total. The highest BCUT2D eigenvalue weighted by molar-refractivity contribution is 9.10. The van der Waals surface area contributed by atoms with E-state index in [9.17, 15) is 4.39 Å². The predicted octanol–water partition coefficient (Wildman–Crippen LogP) is 2.24. The van der Waals surface area contributed by atoms with Crippen LogP contribution in [0, 0.1) is 0 Å². The molecule has 0 fully saturated rings. The second-order valence-electron chi connectivity index (χ2n) is 2.14. The average Bonchev–Trinajstić information content (AvgIpc) is 2.04. The molecule has 0 aliphatic carbocycles. The van der Waals surface area contributed by atoms with Gasteiger partial charge in [0.15, 0.2) is 0 Å². The van der Waals surface area contributed by atoms with Crippen molar-refractivity contribution in [3.63, 3.8) is 0 Å². The first kappa shape index (κ1) is 11.8. The van der Waals surface area contributed by atoms with Gasteiger partial charge in [-0.15, -0.1) is 12.4 Å². The SMILES string of the molecule is Cl.N[C@@H](CF)c1cccnc1Br. The molecule has 0 saturated heterocycles. The molecule has 0 aliphatic heterocycles. The van der Waals surface area contributed by atoms with E-state index in [1.165, 1.54) is 0 Å². The molecule has 2 nitrogen and oxygen atoms in total. The van der Waals surface area contributed by atoms with Crippen LogP contribution in [-0.2, 0) is 0 Å². The lowest BCUT2D eigenvalue weighted by molar-refractivity contribution is 0.435. The number of aromatic nitrogens is 1. The van der Waals surface area contributed by atoms with Gasteiger partial charge in [0.2, 0.25) is 0 Å². The van der Waals surface area contributed by atoms with Crippen LogP contribution in [0.3, 0.4) is 0 Å². The highest BCUT2D eigenvalue weighted by Gasteiger charge is 2.08. The van der Waals surface area contributed by atoms with Crippen LogP contribution >= 0.6 is 28.3 Å². The third kappa shape index (κ3) is 2.69. The van der Waals surface area contributed by atoms with Crippen molar-refractivity contribution >= 4 is 28.3 Å². The number of alkyl halides is 1. The molecule has 68 valence electrons. The molecule has 0 radical (unpaired) electrons. The lowest BCUT2D eigenvalue weighted by Crippen LogP contribution is -2.12. The molecule has 1 heterocycles. The summed E-state index contributed by atoms with van der Waals surface area (Å²) in [5.41, 5.74) is 6.15. The summed E-state index contributed by atoms with van der Waals surface area (Å²) in [4.78, 5) is 3.92. The monoisotopic (exact) mass is 254 g/mol. The lowest BCUT2D eigenvalue weighted by Gasteiger charge is -2.07. The minimum absolute atomic E-state index is 0. The first-order valence-electron chi connectivity index (χ1n) is 3.17. The van der Waals surface area contributed by atoms with Gasteiger partial charge in [-0.25, -0.2) is 9.37 Å². The Morgan fingerprint density at radius 3 is 2.83 bits per heavy atom. The largest absolute Gasteiger partial charge is 0.322 e. The lowest BCUT2D eigenvalue weighted by atomic mass is 10.1. The van der Waals surface area contributed by atoms with Gasteiger partial charge in [-0.3, -0.25) is 0 Å². The maximum absolute atomic E-state index is 12.1. The molecule has 0 bridgehead atoms. The second-order valence-corrected chi connectivity index (χ2v) is 2.90. The predicted molar refractivity (Wildman–Crippen MR) is 52.1 cm³/mol. The zero-order chi connectivity index (χ0) is 8.27. The number of nitrogens with two attached hydrogens (primary N) is 1. The summed E-state index contributed by atoms with van der Waals surface area (Å²) in [6.07, 6.45) is 1.62. The summed E-state index contributed by atoms with van der Waals surface area (Å²) >= 11 is 3.18. The Morgan fingerprint density at radius 1 is 1.67 bits per heavy atom. The molecule has 0 spiro atoms. The molecule has 0 aliphatic rings. The Balaban J connectivity index is 0.00000121. The Bertz CT molecular complexity index is 247. The number of rotatable bonds is 2. The molecule has 1 aromatic heterocycles. The zero-order valence-corrected chi connectivity index (χ0v) is 8.61. The quantitative estimate of drug-likeness (QED) is 0.823. The molecule has 0 unspecified atom stereocenters. The molecule has 1 atom stereocenters. The van der Waals surface area contributed by atoms with Crippen molar-refractivity contribution in [1.82, 2.24) is 4.98 Å². The Kier molecular flexibility index (Phi) is 5.37. The molecular weight excluding hydrogens is 246 g/mol. The van der Waals surface area contributed by atoms with Crippen LogP contribution in [-0.4, -0.2) is 11.7 Å². The molecule has 12 heavy (non-hydrogen) atoms. The molecule has 1 aromatic rings. The summed E-state index contributed by atoms with van der Waals surface area (Å²) in [5.74, 6) is 0. The Labute approximate surface area is 84.9 Å². The van der Waals surface area contributed by atoms with Crippen molar-refractivity contribution in [2.75, 3.05) is 6.67 Å². The van der Waals surface area contributed by atoms with Gasteiger partial charge < -0.3 is 5.73 Å². The van der Waals surface area contributed by atoms with Crippen molar-refractivity contribution in [3.05, 3.63) is 28.5 Å². The third-order valence-corrected chi connectivity index (χ3v) is 2.02. The summed E-state index contributed by atoms with van der Waals surface area (Å²) in [6, 6.07) is 2.91. The van der Waals surface area contributed by atoms with Gasteiger partial charge in [0.1, 0.15) is 11.3 Å². The zero-order valence-electron chi connectivity index (χ0n) is 6.21. The molecule has 0 amide bonds. The van der Waals surface area contributed by atoms with Crippen LogP contribution in [0.4, 0.5) is 4.39 Å². The summed E-state index contributed by atoms with van der Waals surface area (Å²) in [5, 5.41) is 0. The van der Waals surface area contributed by atoms with Gasteiger partial charge in [-0.1, -0.05) is 6.07 Å². The van der Waals surface area contributed by atoms with Gasteiger partial charge in [-0.05, 0) is 22.0 Å². The average molecular weight is 256 g/mol. The van der Waals surface area contributed by atoms with Crippen LogP contribution in [0.15, 0.2) is 22.9 Å². The van der Waals surface area contributed by atoms with Crippen molar-refractivity contribution < 1.29 is 4.39 Å². The standard InChI is InChI=1S/C7H8BrFN2.ClH/c8-7-5(6(10)4-9)2-1-3-11-7;/h1-3,6H,4,10H2;1H/t6-;/m0./s1. The van der Waals surface area contributed by atoms with Gasteiger partial charge in [0.05, 0.1) is 6.04 Å². The normalized spacial score (nSPS) is 11.9. The minimum Gasteiger partial charge on any atom is -0.322 e. The van der Waals surface area contributed by atoms with E-state index >= 15 is 0 Å². The first-order valence-corrected chi connectivity index (χ1v) is 3.97. The van der Waals surface area contributed by atoms with E-state index in [-0.39, 0.29) is 12.4 Å². The summed E-state index contributed by atoms with van der Waals surface area (Å²) in [7, 11) is 0. The topological polar surface area (TPSA) is 38.9 Å². The summed E-state index contributed by atoms with van der Waals surface area (Å²) in [6.45, 7) is -0.565. The van der Waals surface area contributed by atoms with Gasteiger partial charge in [-0.2, -0.15) is 0 Å². The van der Waals surface area contributed by atoms with E-state index in [0.29, 0.717) is 10.2 Å². The van der Waals surface area contributed by atoms with Gasteiger partial charge in [0, 0.05) is 11.8 Å². The Morgan fingerprint density at radius 2 is 2.33 bits per heavy atom. The number of nitrogens with zero attached hydrogens (tertiary/aromatic N) is 1. The second kappa shape index (κ2) is 5.45. The van der Waals surface area contributed by atoms with Crippen LogP contribution in [0.2, 0.25) is 0 Å². The third-order valence-electron chi connectivity index (χ3n) is 1.35. The van der Waals surface area contributed by atoms with E-state index in [2.05, 4.69) is 20.9 Å². The first-order chi connectivity index (χ1) is 5.25. The Hall–Kier alpha value is -0.190. The highest BCUT2D eigenvalue weighted by atomic mass is 79.9. The van der Waals surface area contributed by atoms with E-state index in [4.69, 9.17) is 5.73 Å². The van der Waals surface area contributed by atoms with Crippen LogP contribution in [0.5, 0.6) is 0 Å². The van der Waals surface area contributed by atoms with E-state index in [0.717, 1.165) is 0 Å². The van der Waals surface area contributed by atoms with Gasteiger partial charge >= 0.3 is 0 Å². The van der Waals surface area contributed by atoms with Crippen LogP contribution < -0.4 is 5.73 Å². The van der Waals surface area contributed by atoms with Crippen molar-refractivity contribution in [3.8, 4) is 0 Å². The number of hydrogen-bond acceptors (Lipinski definition) is 2. The fraction of sp³-hybridized carbons (Fsp3) is 0.286. The summed E-state index contributed by atoms with van der Waals surface area (Å²) < 4.78 is 12.7. The fourth-order valence-electron chi connectivity index (χ4n) is 0.758. The maximum atomic E-state index is 12.1. The van der Waals surface area contributed by atoms with Crippen molar-refractivity contribution in [2.24, 2.45) is 5.73 Å². The van der Waals surface area contributed by atoms with Crippen LogP contribution in [0.25, 0.3) is 0 Å². The molecule has 0 saturated carbocycles. The number of pyridine rings is 1. The van der Waals surface area contributed by atoms with Crippen molar-refractivity contribution in [2.45, 2.75) is 6.04 Å². The number of halogens is 3. The molecule has 5 heteroatoms. The molecule has 0 aromatic carbocycles. The molecule has 1 rings (SSSR count). The van der Waals surface area contributed by atoms with E-state index in [1.807, 2.05) is 0 Å². The van der Waals surface area contributed by atoms with E-state index in [1.54, 1.807) is 18.3 Å². The maximum Gasteiger partial charge on any atom is 0.110 e. The van der Waals surface area contributed by atoms with E-state index < -0.39 is 12.7 Å². The minimum atomic E-state index is -0.571. The number of hydrogen-bond donors (Lipinski definition) is 1. The van der Waals surface area contributed by atoms with Crippen molar-refractivity contribution in [1.29, 1.82) is 0 Å².